The van der Waals surface area contributed by atoms with Gasteiger partial charge in [-0.1, -0.05) is 30.7 Å². The number of H-pyrrole nitrogens is 1. The van der Waals surface area contributed by atoms with Crippen molar-refractivity contribution in [3.63, 3.8) is 0 Å². The fraction of sp³-hybridized carbons (Fsp3) is 0.231. The Balaban J connectivity index is 2.23. The van der Waals surface area contributed by atoms with Gasteiger partial charge in [-0.15, -0.1) is 0 Å². The average Bonchev–Trinajstić information content (AvgIpc) is 2.87. The molecule has 0 saturated heterocycles. The van der Waals surface area contributed by atoms with Crippen molar-refractivity contribution in [1.29, 1.82) is 0 Å². The highest BCUT2D eigenvalue weighted by Gasteiger charge is 2.15. The first-order valence-corrected chi connectivity index (χ1v) is 5.88. The first-order valence-electron chi connectivity index (χ1n) is 5.51. The van der Waals surface area contributed by atoms with Gasteiger partial charge in [-0.05, 0) is 23.8 Å². The molecule has 0 aliphatic carbocycles. The van der Waals surface area contributed by atoms with Gasteiger partial charge in [0.15, 0.2) is 5.69 Å². The van der Waals surface area contributed by atoms with E-state index in [0.717, 1.165) is 11.3 Å². The SMILES string of the molecule is COC(=O)c1cc(C(C)c2ccc(Cl)cc2)[nH]n1. The molecule has 2 aromatic rings. The molecule has 1 aromatic heterocycles. The molecule has 0 spiro atoms. The third-order valence-electron chi connectivity index (χ3n) is 2.83. The molecular formula is C13H13ClN2O2. The van der Waals surface area contributed by atoms with Crippen LogP contribution in [0.1, 0.15) is 34.6 Å². The molecule has 0 radical (unpaired) electrons. The Labute approximate surface area is 110 Å². The molecular weight excluding hydrogens is 252 g/mol. The largest absolute Gasteiger partial charge is 0.464 e. The van der Waals surface area contributed by atoms with Gasteiger partial charge in [-0.2, -0.15) is 5.10 Å². The number of benzene rings is 1. The van der Waals surface area contributed by atoms with Crippen molar-refractivity contribution in [2.24, 2.45) is 0 Å². The zero-order valence-electron chi connectivity index (χ0n) is 10.1. The van der Waals surface area contributed by atoms with Crippen LogP contribution in [-0.4, -0.2) is 23.3 Å². The smallest absolute Gasteiger partial charge is 0.358 e. The van der Waals surface area contributed by atoms with E-state index in [1.807, 2.05) is 31.2 Å². The second kappa shape index (κ2) is 5.23. The molecule has 94 valence electrons. The Bertz CT molecular complexity index is 548. The second-order valence-corrected chi connectivity index (χ2v) is 4.41. The number of halogens is 1. The van der Waals surface area contributed by atoms with Crippen LogP contribution < -0.4 is 0 Å². The topological polar surface area (TPSA) is 55.0 Å². The molecule has 0 fully saturated rings. The van der Waals surface area contributed by atoms with Crippen molar-refractivity contribution in [3.8, 4) is 0 Å². The molecule has 1 unspecified atom stereocenters. The van der Waals surface area contributed by atoms with Gasteiger partial charge in [0.25, 0.3) is 0 Å². The predicted molar refractivity (Wildman–Crippen MR) is 68.9 cm³/mol. The first kappa shape index (κ1) is 12.6. The summed E-state index contributed by atoms with van der Waals surface area (Å²) in [5.74, 6) is -0.339. The van der Waals surface area contributed by atoms with Crippen LogP contribution in [0.15, 0.2) is 30.3 Å². The molecule has 4 nitrogen and oxygen atoms in total. The van der Waals surface area contributed by atoms with Crippen molar-refractivity contribution in [2.45, 2.75) is 12.8 Å². The number of nitrogens with one attached hydrogen (secondary N) is 1. The number of aromatic amines is 1. The van der Waals surface area contributed by atoms with E-state index in [2.05, 4.69) is 14.9 Å². The number of carbonyl (C=O) groups is 1. The maximum absolute atomic E-state index is 11.3. The predicted octanol–water partition coefficient (Wildman–Crippen LogP) is 3.00. The summed E-state index contributed by atoms with van der Waals surface area (Å²) < 4.78 is 4.61. The number of aromatic nitrogens is 2. The summed E-state index contributed by atoms with van der Waals surface area (Å²) >= 11 is 5.85. The van der Waals surface area contributed by atoms with Crippen molar-refractivity contribution in [3.05, 3.63) is 52.3 Å². The van der Waals surface area contributed by atoms with Gasteiger partial charge in [0, 0.05) is 16.6 Å². The van der Waals surface area contributed by atoms with Crippen LogP contribution in [0, 0.1) is 0 Å². The lowest BCUT2D eigenvalue weighted by molar-refractivity contribution is 0.0594. The lowest BCUT2D eigenvalue weighted by Gasteiger charge is -2.09. The highest BCUT2D eigenvalue weighted by Crippen LogP contribution is 2.24. The number of rotatable bonds is 3. The number of carbonyl (C=O) groups excluding carboxylic acids is 1. The minimum Gasteiger partial charge on any atom is -0.464 e. The number of hydrogen-bond acceptors (Lipinski definition) is 3. The summed E-state index contributed by atoms with van der Waals surface area (Å²) in [7, 11) is 1.33. The molecule has 0 aliphatic heterocycles. The van der Waals surface area contributed by atoms with Gasteiger partial charge in [0.05, 0.1) is 7.11 Å². The second-order valence-electron chi connectivity index (χ2n) is 3.97. The van der Waals surface area contributed by atoms with Crippen LogP contribution in [0.4, 0.5) is 0 Å². The number of nitrogens with zero attached hydrogens (tertiary/aromatic N) is 1. The third kappa shape index (κ3) is 2.54. The Kier molecular flexibility index (Phi) is 3.67. The van der Waals surface area contributed by atoms with E-state index in [1.165, 1.54) is 7.11 Å². The van der Waals surface area contributed by atoms with E-state index < -0.39 is 5.97 Å². The van der Waals surface area contributed by atoms with E-state index in [4.69, 9.17) is 11.6 Å². The van der Waals surface area contributed by atoms with Crippen LogP contribution in [0.25, 0.3) is 0 Å². The minimum atomic E-state index is -0.444. The zero-order chi connectivity index (χ0) is 13.1. The first-order chi connectivity index (χ1) is 8.61. The summed E-state index contributed by atoms with van der Waals surface area (Å²) in [5.41, 5.74) is 2.24. The molecule has 18 heavy (non-hydrogen) atoms. The highest BCUT2D eigenvalue weighted by molar-refractivity contribution is 6.30. The van der Waals surface area contributed by atoms with Gasteiger partial charge in [0.1, 0.15) is 0 Å². The van der Waals surface area contributed by atoms with E-state index in [9.17, 15) is 4.79 Å². The van der Waals surface area contributed by atoms with Crippen LogP contribution >= 0.6 is 11.6 Å². The van der Waals surface area contributed by atoms with Gasteiger partial charge < -0.3 is 4.74 Å². The van der Waals surface area contributed by atoms with Crippen molar-refractivity contribution in [1.82, 2.24) is 10.2 Å². The molecule has 1 N–H and O–H groups in total. The Hall–Kier alpha value is -1.81. The summed E-state index contributed by atoms with van der Waals surface area (Å²) in [5, 5.41) is 7.48. The minimum absolute atomic E-state index is 0.105. The van der Waals surface area contributed by atoms with Gasteiger partial charge in [0.2, 0.25) is 0 Å². The van der Waals surface area contributed by atoms with Crippen molar-refractivity contribution < 1.29 is 9.53 Å². The van der Waals surface area contributed by atoms with Crippen LogP contribution in [0.5, 0.6) is 0 Å². The molecule has 0 aliphatic rings. The van der Waals surface area contributed by atoms with Crippen molar-refractivity contribution >= 4 is 17.6 Å². The van der Waals surface area contributed by atoms with E-state index >= 15 is 0 Å². The molecule has 2 rings (SSSR count). The zero-order valence-corrected chi connectivity index (χ0v) is 10.9. The molecule has 0 bridgehead atoms. The standard InChI is InChI=1S/C13H13ClN2O2/c1-8(9-3-5-10(14)6-4-9)11-7-12(16-15-11)13(17)18-2/h3-8H,1-2H3,(H,15,16). The molecule has 1 atom stereocenters. The number of hydrogen-bond donors (Lipinski definition) is 1. The normalized spacial score (nSPS) is 12.2. The van der Waals surface area contributed by atoms with Crippen LogP contribution in [0.2, 0.25) is 5.02 Å². The monoisotopic (exact) mass is 264 g/mol. The number of ether oxygens (including phenoxy) is 1. The number of esters is 1. The highest BCUT2D eigenvalue weighted by atomic mass is 35.5. The van der Waals surface area contributed by atoms with Crippen LogP contribution in [0.3, 0.4) is 0 Å². The quantitative estimate of drug-likeness (QED) is 0.867. The van der Waals surface area contributed by atoms with E-state index in [1.54, 1.807) is 6.07 Å². The Morgan fingerprint density at radius 1 is 1.39 bits per heavy atom. The Morgan fingerprint density at radius 3 is 2.67 bits per heavy atom. The lowest BCUT2D eigenvalue weighted by Crippen LogP contribution is -2.00. The molecule has 0 saturated carbocycles. The maximum Gasteiger partial charge on any atom is 0.358 e. The maximum atomic E-state index is 11.3. The van der Waals surface area contributed by atoms with Gasteiger partial charge in [-0.3, -0.25) is 5.10 Å². The van der Waals surface area contributed by atoms with Gasteiger partial charge >= 0.3 is 5.97 Å². The summed E-state index contributed by atoms with van der Waals surface area (Å²) in [4.78, 5) is 11.3. The molecule has 1 heterocycles. The fourth-order valence-electron chi connectivity index (χ4n) is 1.70. The summed E-state index contributed by atoms with van der Waals surface area (Å²) in [6, 6.07) is 9.28. The Morgan fingerprint density at radius 2 is 2.06 bits per heavy atom. The third-order valence-corrected chi connectivity index (χ3v) is 3.08. The van der Waals surface area contributed by atoms with Crippen molar-refractivity contribution in [2.75, 3.05) is 7.11 Å². The molecule has 0 amide bonds. The van der Waals surface area contributed by atoms with E-state index in [-0.39, 0.29) is 11.6 Å². The van der Waals surface area contributed by atoms with Gasteiger partial charge in [-0.25, -0.2) is 4.79 Å². The average molecular weight is 265 g/mol. The van der Waals surface area contributed by atoms with E-state index in [0.29, 0.717) is 5.02 Å². The molecule has 1 aromatic carbocycles. The lowest BCUT2D eigenvalue weighted by atomic mass is 9.98. The number of methoxy groups -OCH3 is 1. The molecule has 5 heteroatoms. The van der Waals surface area contributed by atoms with Crippen LogP contribution in [-0.2, 0) is 4.74 Å². The summed E-state index contributed by atoms with van der Waals surface area (Å²) in [6.07, 6.45) is 0. The fourth-order valence-corrected chi connectivity index (χ4v) is 1.82. The summed E-state index contributed by atoms with van der Waals surface area (Å²) in [6.45, 7) is 2.03.